The van der Waals surface area contributed by atoms with Gasteiger partial charge in [-0.3, -0.25) is 4.68 Å². The normalized spacial score (nSPS) is 12.4. The van der Waals surface area contributed by atoms with Gasteiger partial charge in [0.1, 0.15) is 35.1 Å². The van der Waals surface area contributed by atoms with Crippen LogP contribution in [0.3, 0.4) is 0 Å². The summed E-state index contributed by atoms with van der Waals surface area (Å²) >= 11 is 11.7. The lowest BCUT2D eigenvalue weighted by Crippen LogP contribution is -2.10. The quantitative estimate of drug-likeness (QED) is 0.206. The minimum Gasteiger partial charge on any atom is -0.487 e. The predicted molar refractivity (Wildman–Crippen MR) is 145 cm³/mol. The van der Waals surface area contributed by atoms with Gasteiger partial charge in [0.05, 0.1) is 23.2 Å². The Morgan fingerprint density at radius 3 is 2.92 bits per heavy atom. The molecule has 0 saturated carbocycles. The Hall–Kier alpha value is -3.01. The average molecular weight is 585 g/mol. The molecule has 182 valence electrons. The zero-order valence-corrected chi connectivity index (χ0v) is 22.1. The van der Waals surface area contributed by atoms with Crippen LogP contribution in [0.2, 0.25) is 5.02 Å². The third-order valence-electron chi connectivity index (χ3n) is 6.17. The molecule has 6 rings (SSSR count). The summed E-state index contributed by atoms with van der Waals surface area (Å²) in [5.74, 6) is 0.982. The van der Waals surface area contributed by atoms with Crippen LogP contribution < -0.4 is 10.1 Å². The summed E-state index contributed by atoms with van der Waals surface area (Å²) < 4.78 is 21.3. The first-order valence-corrected chi connectivity index (χ1v) is 13.7. The lowest BCUT2D eigenvalue weighted by Gasteiger charge is -2.15. The first-order chi connectivity index (χ1) is 17.6. The number of fused-ring (bicyclic) bond motifs is 5. The van der Waals surface area contributed by atoms with Gasteiger partial charge in [-0.15, -0.1) is 11.3 Å². The Balaban J connectivity index is 1.27. The second kappa shape index (κ2) is 9.80. The number of thiophene rings is 1. The summed E-state index contributed by atoms with van der Waals surface area (Å²) in [5.41, 5.74) is 5.25. The number of nitrogens with zero attached hydrogens (tertiary/aromatic N) is 4. The molecule has 0 spiro atoms. The monoisotopic (exact) mass is 583 g/mol. The molecule has 1 aliphatic carbocycles. The number of alkyl halides is 1. The average Bonchev–Trinajstić information content (AvgIpc) is 3.46. The number of hydrogen-bond donors (Lipinski definition) is 1. The van der Waals surface area contributed by atoms with Gasteiger partial charge in [-0.2, -0.15) is 5.10 Å². The molecule has 0 amide bonds. The lowest BCUT2D eigenvalue weighted by atomic mass is 9.95. The topological polar surface area (TPSA) is 64.9 Å². The zero-order chi connectivity index (χ0) is 24.6. The molecule has 5 aromatic rings. The van der Waals surface area contributed by atoms with Gasteiger partial charge in [0.2, 0.25) is 0 Å². The molecule has 0 aliphatic heterocycles. The van der Waals surface area contributed by atoms with E-state index in [9.17, 15) is 4.39 Å². The van der Waals surface area contributed by atoms with Crippen LogP contribution in [0.25, 0.3) is 20.7 Å². The lowest BCUT2D eigenvalue weighted by molar-refractivity contribution is 0.306. The molecule has 3 aromatic heterocycles. The molecule has 10 heteroatoms. The van der Waals surface area contributed by atoms with Crippen LogP contribution in [0.5, 0.6) is 5.75 Å². The number of rotatable bonds is 7. The van der Waals surface area contributed by atoms with Crippen LogP contribution >= 0.6 is 38.9 Å². The summed E-state index contributed by atoms with van der Waals surface area (Å²) in [6, 6.07) is 11.8. The van der Waals surface area contributed by atoms with Crippen LogP contribution in [-0.4, -0.2) is 25.1 Å². The maximum Gasteiger partial charge on any atom is 0.142 e. The minimum atomic E-state index is -0.294. The summed E-state index contributed by atoms with van der Waals surface area (Å²) in [5, 5.41) is 10.4. The number of ether oxygens (including phenoxy) is 1. The van der Waals surface area contributed by atoms with Crippen molar-refractivity contribution in [1.29, 1.82) is 0 Å². The molecule has 0 atom stereocenters. The van der Waals surface area contributed by atoms with E-state index in [1.807, 2.05) is 18.3 Å². The van der Waals surface area contributed by atoms with E-state index >= 15 is 0 Å². The van der Waals surface area contributed by atoms with E-state index < -0.39 is 0 Å². The molecule has 0 fully saturated rings. The van der Waals surface area contributed by atoms with Crippen LogP contribution in [0.1, 0.15) is 16.8 Å². The molecular formula is C26H20BrClFN5OS. The Kier molecular flexibility index (Phi) is 6.37. The number of anilines is 2. The number of aromatic nitrogens is 4. The molecule has 1 N–H and O–H groups in total. The molecule has 2 aromatic carbocycles. The number of benzene rings is 2. The van der Waals surface area contributed by atoms with Gasteiger partial charge < -0.3 is 10.1 Å². The molecule has 0 unspecified atom stereocenters. The highest BCUT2D eigenvalue weighted by Gasteiger charge is 2.26. The van der Waals surface area contributed by atoms with E-state index in [2.05, 4.69) is 41.0 Å². The first kappa shape index (κ1) is 23.4. The zero-order valence-electron chi connectivity index (χ0n) is 19.0. The molecule has 36 heavy (non-hydrogen) atoms. The molecule has 1 aliphatic rings. The van der Waals surface area contributed by atoms with Crippen molar-refractivity contribution in [2.45, 2.75) is 26.0 Å². The maximum absolute atomic E-state index is 13.4. The van der Waals surface area contributed by atoms with Crippen LogP contribution in [-0.2, 0) is 26.0 Å². The predicted octanol–water partition coefficient (Wildman–Crippen LogP) is 7.16. The summed E-state index contributed by atoms with van der Waals surface area (Å²) in [4.78, 5) is 11.3. The summed E-state index contributed by atoms with van der Waals surface area (Å²) in [6.07, 6.45) is 5.39. The van der Waals surface area contributed by atoms with Gasteiger partial charge in [0.25, 0.3) is 0 Å². The third-order valence-corrected chi connectivity index (χ3v) is 7.99. The van der Waals surface area contributed by atoms with Crippen molar-refractivity contribution < 1.29 is 9.13 Å². The number of nitrogens with one attached hydrogen (secondary N) is 1. The van der Waals surface area contributed by atoms with E-state index in [1.165, 1.54) is 33.8 Å². The molecule has 0 bridgehead atoms. The Bertz CT molecular complexity index is 1590. The maximum atomic E-state index is 13.4. The SMILES string of the molecule is Fc1cccc(COc2ccc(Nc3ncnc4sc5c(c34)CCc3c-5cnn3CCBr)cc2Cl)c1. The van der Waals surface area contributed by atoms with E-state index in [0.29, 0.717) is 10.8 Å². The van der Waals surface area contributed by atoms with Crippen molar-refractivity contribution in [1.82, 2.24) is 19.7 Å². The van der Waals surface area contributed by atoms with Gasteiger partial charge in [-0.1, -0.05) is 39.7 Å². The van der Waals surface area contributed by atoms with E-state index in [-0.39, 0.29) is 12.4 Å². The Labute approximate surface area is 224 Å². The fourth-order valence-corrected chi connectivity index (χ4v) is 6.34. The second-order valence-corrected chi connectivity index (χ2v) is 10.6. The van der Waals surface area contributed by atoms with Gasteiger partial charge in [-0.05, 0) is 54.3 Å². The van der Waals surface area contributed by atoms with Crippen LogP contribution in [0.4, 0.5) is 15.9 Å². The van der Waals surface area contributed by atoms with E-state index in [0.717, 1.165) is 52.0 Å². The van der Waals surface area contributed by atoms with E-state index in [4.69, 9.17) is 16.3 Å². The molecular weight excluding hydrogens is 565 g/mol. The molecule has 6 nitrogen and oxygen atoms in total. The van der Waals surface area contributed by atoms with Crippen LogP contribution in [0.15, 0.2) is 55.0 Å². The van der Waals surface area contributed by atoms with Gasteiger partial charge in [0.15, 0.2) is 0 Å². The highest BCUT2D eigenvalue weighted by atomic mass is 79.9. The number of hydrogen-bond acceptors (Lipinski definition) is 6. The van der Waals surface area contributed by atoms with Gasteiger partial charge >= 0.3 is 0 Å². The molecule has 0 saturated heterocycles. The van der Waals surface area contributed by atoms with Crippen LogP contribution in [0, 0.1) is 5.82 Å². The minimum absolute atomic E-state index is 0.228. The number of aryl methyl sites for hydroxylation is 2. The van der Waals surface area contributed by atoms with Crippen molar-refractivity contribution in [2.75, 3.05) is 10.6 Å². The summed E-state index contributed by atoms with van der Waals surface area (Å²) in [7, 11) is 0. The highest BCUT2D eigenvalue weighted by molar-refractivity contribution is 9.09. The fraction of sp³-hybridized carbons (Fsp3) is 0.192. The van der Waals surface area contributed by atoms with Gasteiger partial charge in [0, 0.05) is 27.2 Å². The van der Waals surface area contributed by atoms with Crippen molar-refractivity contribution >= 4 is 60.6 Å². The third kappa shape index (κ3) is 4.36. The second-order valence-electron chi connectivity index (χ2n) is 8.42. The molecule has 3 heterocycles. The fourth-order valence-electron chi connectivity index (χ4n) is 4.54. The number of halogens is 3. The Morgan fingerprint density at radius 2 is 2.08 bits per heavy atom. The molecule has 0 radical (unpaired) electrons. The highest BCUT2D eigenvalue weighted by Crippen LogP contribution is 2.45. The van der Waals surface area contributed by atoms with Crippen molar-refractivity contribution in [3.05, 3.63) is 82.6 Å². The first-order valence-electron chi connectivity index (χ1n) is 11.4. The standard InChI is InChI=1S/C26H20BrClFN5OS/c27-8-9-34-21-6-5-18-23-25(30-14-31-26(23)36-24(18)19(21)12-32-34)33-17-4-7-22(20(28)11-17)35-13-15-2-1-3-16(29)10-15/h1-4,7,10-12,14H,5-6,8-9,13H2,(H,30,31,33). The smallest absolute Gasteiger partial charge is 0.142 e. The van der Waals surface area contributed by atoms with E-state index in [1.54, 1.807) is 35.9 Å². The summed E-state index contributed by atoms with van der Waals surface area (Å²) in [6.45, 7) is 1.08. The van der Waals surface area contributed by atoms with Gasteiger partial charge in [-0.25, -0.2) is 14.4 Å². The largest absolute Gasteiger partial charge is 0.487 e. The van der Waals surface area contributed by atoms with Crippen molar-refractivity contribution in [3.8, 4) is 16.2 Å². The Morgan fingerprint density at radius 1 is 1.17 bits per heavy atom. The van der Waals surface area contributed by atoms with Crippen molar-refractivity contribution in [2.24, 2.45) is 0 Å². The van der Waals surface area contributed by atoms with Crippen molar-refractivity contribution in [3.63, 3.8) is 0 Å².